The molecule has 0 unspecified atom stereocenters. The van der Waals surface area contributed by atoms with Crippen molar-refractivity contribution in [1.29, 1.82) is 0 Å². The van der Waals surface area contributed by atoms with Crippen LogP contribution in [-0.2, 0) is 4.74 Å². The normalized spacial score (nSPS) is 19.9. The van der Waals surface area contributed by atoms with E-state index in [1.165, 1.54) is 0 Å². The SMILES string of the molecule is N[C@@H]1CCC[C@H](Nc2ccnc(C(=O)Nc3ccc(-c4cc5c(N6CCOCC6)ncnc5[nH]4)cc3)c2)C1. The molecular weight excluding hydrogens is 480 g/mol. The highest BCUT2D eigenvalue weighted by Crippen LogP contribution is 2.30. The van der Waals surface area contributed by atoms with Crippen LogP contribution in [-0.4, -0.2) is 64.2 Å². The lowest BCUT2D eigenvalue weighted by atomic mass is 9.91. The molecule has 2 atom stereocenters. The number of amides is 1. The first-order chi connectivity index (χ1) is 18.6. The fourth-order valence-electron chi connectivity index (χ4n) is 5.28. The maximum Gasteiger partial charge on any atom is 0.274 e. The van der Waals surface area contributed by atoms with Gasteiger partial charge in [-0.25, -0.2) is 9.97 Å². The van der Waals surface area contributed by atoms with E-state index in [0.29, 0.717) is 30.6 Å². The summed E-state index contributed by atoms with van der Waals surface area (Å²) in [6.45, 7) is 3.01. The number of carbonyl (C=O) groups excluding carboxylic acids is 1. The number of nitrogens with one attached hydrogen (secondary N) is 3. The molecule has 0 bridgehead atoms. The minimum absolute atomic E-state index is 0.234. The number of aromatic amines is 1. The van der Waals surface area contributed by atoms with E-state index in [0.717, 1.165) is 72.6 Å². The van der Waals surface area contributed by atoms with Gasteiger partial charge >= 0.3 is 0 Å². The molecule has 1 aliphatic carbocycles. The number of fused-ring (bicyclic) bond motifs is 1. The second-order valence-electron chi connectivity index (χ2n) is 9.97. The Hall–Kier alpha value is -4.02. The van der Waals surface area contributed by atoms with Crippen molar-refractivity contribution in [2.75, 3.05) is 41.8 Å². The summed E-state index contributed by atoms with van der Waals surface area (Å²) in [7, 11) is 0. The topological polar surface area (TPSA) is 134 Å². The van der Waals surface area contributed by atoms with Gasteiger partial charge < -0.3 is 31.0 Å². The number of carbonyl (C=O) groups is 1. The van der Waals surface area contributed by atoms with Crippen LogP contribution in [0.5, 0.6) is 0 Å². The van der Waals surface area contributed by atoms with Gasteiger partial charge in [-0.2, -0.15) is 0 Å². The Morgan fingerprint density at radius 1 is 1.03 bits per heavy atom. The van der Waals surface area contributed by atoms with E-state index in [2.05, 4.69) is 41.5 Å². The molecular formula is C28H32N8O2. The van der Waals surface area contributed by atoms with Crippen molar-refractivity contribution in [3.8, 4) is 11.3 Å². The standard InChI is InChI=1S/C28H32N8O2/c29-19-2-1-3-21(14-19)33-22-8-9-30-25(15-22)28(37)34-20-6-4-18(5-7-20)24-16-23-26(35-24)31-17-32-27(23)36-10-12-38-13-11-36/h4-9,15-17,19,21H,1-3,10-14,29H2,(H,30,33)(H,34,37)(H,31,32,35)/t19-,21+/m1/s1. The number of H-pyrrole nitrogens is 1. The van der Waals surface area contributed by atoms with E-state index < -0.39 is 0 Å². The number of rotatable bonds is 6. The van der Waals surface area contributed by atoms with Crippen molar-refractivity contribution in [3.05, 3.63) is 60.7 Å². The molecule has 3 aromatic heterocycles. The zero-order chi connectivity index (χ0) is 25.9. The second kappa shape index (κ2) is 10.8. The summed E-state index contributed by atoms with van der Waals surface area (Å²) in [6, 6.07) is 14.0. The molecule has 4 aromatic rings. The van der Waals surface area contributed by atoms with Gasteiger partial charge in [0.1, 0.15) is 23.5 Å². The lowest BCUT2D eigenvalue weighted by Crippen LogP contribution is -2.36. The van der Waals surface area contributed by atoms with Gasteiger partial charge in [-0.1, -0.05) is 12.1 Å². The Balaban J connectivity index is 1.14. The van der Waals surface area contributed by atoms with Gasteiger partial charge in [0, 0.05) is 48.4 Å². The van der Waals surface area contributed by atoms with E-state index in [4.69, 9.17) is 10.5 Å². The number of nitrogens with zero attached hydrogens (tertiary/aromatic N) is 4. The predicted octanol–water partition coefficient (Wildman–Crippen LogP) is 3.79. The predicted molar refractivity (Wildman–Crippen MR) is 148 cm³/mol. The van der Waals surface area contributed by atoms with Crippen molar-refractivity contribution in [1.82, 2.24) is 19.9 Å². The Morgan fingerprint density at radius 2 is 1.87 bits per heavy atom. The average Bonchev–Trinajstić information content (AvgIpc) is 3.39. The lowest BCUT2D eigenvalue weighted by Gasteiger charge is -2.28. The highest BCUT2D eigenvalue weighted by molar-refractivity contribution is 6.03. The molecule has 5 N–H and O–H groups in total. The van der Waals surface area contributed by atoms with Crippen LogP contribution in [0.4, 0.5) is 17.2 Å². The summed E-state index contributed by atoms with van der Waals surface area (Å²) in [5.74, 6) is 0.665. The summed E-state index contributed by atoms with van der Waals surface area (Å²) < 4.78 is 5.48. The molecule has 10 nitrogen and oxygen atoms in total. The van der Waals surface area contributed by atoms with Crippen molar-refractivity contribution >= 4 is 34.1 Å². The van der Waals surface area contributed by atoms with Crippen LogP contribution in [0, 0.1) is 0 Å². The molecule has 6 rings (SSSR count). The molecule has 196 valence electrons. The van der Waals surface area contributed by atoms with Crippen LogP contribution in [0.1, 0.15) is 36.2 Å². The van der Waals surface area contributed by atoms with Crippen molar-refractivity contribution in [2.45, 2.75) is 37.8 Å². The van der Waals surface area contributed by atoms with Crippen LogP contribution in [0.25, 0.3) is 22.3 Å². The third kappa shape index (κ3) is 5.32. The first-order valence-electron chi connectivity index (χ1n) is 13.2. The van der Waals surface area contributed by atoms with Gasteiger partial charge in [0.05, 0.1) is 18.6 Å². The van der Waals surface area contributed by atoms with Crippen LogP contribution in [0.3, 0.4) is 0 Å². The number of benzene rings is 1. The fourth-order valence-corrected chi connectivity index (χ4v) is 5.28. The van der Waals surface area contributed by atoms with Crippen molar-refractivity contribution in [3.63, 3.8) is 0 Å². The number of ether oxygens (including phenoxy) is 1. The maximum atomic E-state index is 12.9. The van der Waals surface area contributed by atoms with Crippen LogP contribution >= 0.6 is 0 Å². The van der Waals surface area contributed by atoms with Gasteiger partial charge in [-0.15, -0.1) is 0 Å². The zero-order valence-electron chi connectivity index (χ0n) is 21.2. The first-order valence-corrected chi connectivity index (χ1v) is 13.2. The highest BCUT2D eigenvalue weighted by atomic mass is 16.5. The molecule has 10 heteroatoms. The first kappa shape index (κ1) is 24.3. The second-order valence-corrected chi connectivity index (χ2v) is 9.97. The minimum Gasteiger partial charge on any atom is -0.382 e. The Bertz CT molecular complexity index is 1410. The maximum absolute atomic E-state index is 12.9. The average molecular weight is 513 g/mol. The van der Waals surface area contributed by atoms with Gasteiger partial charge in [0.25, 0.3) is 5.91 Å². The third-order valence-electron chi connectivity index (χ3n) is 7.25. The van der Waals surface area contributed by atoms with Gasteiger partial charge in [-0.05, 0) is 61.6 Å². The number of aromatic nitrogens is 4. The summed E-state index contributed by atoms with van der Waals surface area (Å²) in [6.07, 6.45) is 7.47. The van der Waals surface area contributed by atoms with E-state index in [-0.39, 0.29) is 11.9 Å². The number of hydrogen-bond acceptors (Lipinski definition) is 8. The number of hydrogen-bond donors (Lipinski definition) is 4. The molecule has 1 saturated carbocycles. The molecule has 2 fully saturated rings. The lowest BCUT2D eigenvalue weighted by molar-refractivity contribution is 0.102. The molecule has 1 amide bonds. The molecule has 0 spiro atoms. The fraction of sp³-hybridized carbons (Fsp3) is 0.357. The quantitative estimate of drug-likeness (QED) is 0.307. The summed E-state index contributed by atoms with van der Waals surface area (Å²) >= 11 is 0. The molecule has 1 aromatic carbocycles. The van der Waals surface area contributed by atoms with Crippen LogP contribution in [0.15, 0.2) is 55.0 Å². The largest absolute Gasteiger partial charge is 0.382 e. The number of anilines is 3. The van der Waals surface area contributed by atoms with Gasteiger partial charge in [0.2, 0.25) is 0 Å². The molecule has 0 radical (unpaired) electrons. The van der Waals surface area contributed by atoms with Crippen molar-refractivity contribution < 1.29 is 9.53 Å². The smallest absolute Gasteiger partial charge is 0.274 e. The van der Waals surface area contributed by atoms with E-state index in [1.54, 1.807) is 18.6 Å². The minimum atomic E-state index is -0.252. The van der Waals surface area contributed by atoms with E-state index in [1.807, 2.05) is 30.3 Å². The van der Waals surface area contributed by atoms with E-state index in [9.17, 15) is 4.79 Å². The van der Waals surface area contributed by atoms with Crippen molar-refractivity contribution in [2.24, 2.45) is 5.73 Å². The Kier molecular flexibility index (Phi) is 6.89. The molecule has 38 heavy (non-hydrogen) atoms. The zero-order valence-corrected chi connectivity index (χ0v) is 21.2. The number of pyridine rings is 1. The monoisotopic (exact) mass is 512 g/mol. The summed E-state index contributed by atoms with van der Waals surface area (Å²) in [4.78, 5) is 31.8. The number of morpholine rings is 1. The van der Waals surface area contributed by atoms with Gasteiger partial charge in [-0.3, -0.25) is 9.78 Å². The molecule has 1 aliphatic heterocycles. The molecule has 1 saturated heterocycles. The van der Waals surface area contributed by atoms with E-state index >= 15 is 0 Å². The Labute approximate surface area is 221 Å². The highest BCUT2D eigenvalue weighted by Gasteiger charge is 2.20. The van der Waals surface area contributed by atoms with Crippen LogP contribution < -0.4 is 21.3 Å². The number of nitrogens with two attached hydrogens (primary N) is 1. The summed E-state index contributed by atoms with van der Waals surface area (Å²) in [5, 5.41) is 7.45. The molecule has 4 heterocycles. The summed E-state index contributed by atoms with van der Waals surface area (Å²) in [5.41, 5.74) is 10.8. The molecule has 2 aliphatic rings. The van der Waals surface area contributed by atoms with Gasteiger partial charge in [0.15, 0.2) is 0 Å². The Morgan fingerprint density at radius 3 is 2.68 bits per heavy atom. The third-order valence-corrected chi connectivity index (χ3v) is 7.25. The van der Waals surface area contributed by atoms with Crippen LogP contribution in [0.2, 0.25) is 0 Å².